The number of hydroxylamine groups is 2. The lowest BCUT2D eigenvalue weighted by atomic mass is 9.80. The van der Waals surface area contributed by atoms with E-state index in [-0.39, 0.29) is 6.10 Å². The molecule has 1 atom stereocenters. The molecule has 2 N–H and O–H groups in total. The summed E-state index contributed by atoms with van der Waals surface area (Å²) in [5.74, 6) is 0.614. The van der Waals surface area contributed by atoms with Crippen LogP contribution in [0, 0.1) is 0 Å². The van der Waals surface area contributed by atoms with Crippen molar-refractivity contribution in [2.45, 2.75) is 70.2 Å². The Labute approximate surface area is 190 Å². The van der Waals surface area contributed by atoms with Gasteiger partial charge in [-0.1, -0.05) is 12.1 Å². The number of nitrogens with two attached hydrogens (primary N) is 1. The summed E-state index contributed by atoms with van der Waals surface area (Å²) in [5.41, 5.74) is 6.93. The highest BCUT2D eigenvalue weighted by Crippen LogP contribution is 2.38. The predicted molar refractivity (Wildman–Crippen MR) is 122 cm³/mol. The number of ether oxygens (including phenoxy) is 1. The number of anilines is 1. The van der Waals surface area contributed by atoms with Gasteiger partial charge in [-0.05, 0) is 51.8 Å². The first kappa shape index (κ1) is 25.2. The van der Waals surface area contributed by atoms with E-state index >= 15 is 0 Å². The Balaban J connectivity index is 1.96. The molecule has 8 heteroatoms. The van der Waals surface area contributed by atoms with Crippen LogP contribution in [0.5, 0.6) is 0 Å². The molecule has 1 aromatic carbocycles. The molecule has 1 saturated heterocycles. The van der Waals surface area contributed by atoms with Crippen molar-refractivity contribution in [1.29, 1.82) is 0 Å². The molecule has 1 aromatic rings. The summed E-state index contributed by atoms with van der Waals surface area (Å²) in [6, 6.07) is 7.14. The van der Waals surface area contributed by atoms with Gasteiger partial charge >= 0.3 is 5.97 Å². The van der Waals surface area contributed by atoms with Crippen LogP contribution < -0.4 is 10.6 Å². The molecule has 0 aromatic heterocycles. The minimum Gasteiger partial charge on any atom is -0.461 e. The monoisotopic (exact) mass is 458 g/mol. The van der Waals surface area contributed by atoms with Crippen molar-refractivity contribution in [1.82, 2.24) is 5.06 Å². The van der Waals surface area contributed by atoms with E-state index in [1.165, 1.54) is 0 Å². The van der Waals surface area contributed by atoms with Gasteiger partial charge in [-0.15, -0.1) is 33.5 Å². The third-order valence-electron chi connectivity index (χ3n) is 5.61. The minimum atomic E-state index is -0.755. The van der Waals surface area contributed by atoms with E-state index in [0.717, 1.165) is 16.3 Å². The van der Waals surface area contributed by atoms with Crippen LogP contribution in [0.4, 0.5) is 5.69 Å². The van der Waals surface area contributed by atoms with Gasteiger partial charge in [0.1, 0.15) is 12.1 Å². The molecule has 0 aliphatic carbocycles. The van der Waals surface area contributed by atoms with Crippen LogP contribution in [-0.2, 0) is 21.2 Å². The number of benzene rings is 1. The van der Waals surface area contributed by atoms with Gasteiger partial charge in [-0.3, -0.25) is 4.79 Å². The Bertz CT molecular complexity index is 673. The van der Waals surface area contributed by atoms with Gasteiger partial charge in [0, 0.05) is 54.5 Å². The fraction of sp³-hybridized carbons (Fsp3) is 0.682. The van der Waals surface area contributed by atoms with Crippen molar-refractivity contribution in [3.63, 3.8) is 0 Å². The molecule has 2 rings (SSSR count). The number of alkyl halides is 2. The summed E-state index contributed by atoms with van der Waals surface area (Å²) < 4.78 is 5.70. The molecule has 1 fully saturated rings. The Hall–Kier alpha value is -1.05. The first-order chi connectivity index (χ1) is 14.0. The zero-order valence-electron chi connectivity index (χ0n) is 18.4. The lowest BCUT2D eigenvalue weighted by Gasteiger charge is -2.49. The Kier molecular flexibility index (Phi) is 8.83. The quantitative estimate of drug-likeness (QED) is 0.450. The second kappa shape index (κ2) is 10.5. The van der Waals surface area contributed by atoms with Crippen molar-refractivity contribution >= 4 is 34.9 Å². The largest absolute Gasteiger partial charge is 0.461 e. The molecule has 0 unspecified atom stereocenters. The first-order valence-electron chi connectivity index (χ1n) is 10.4. The fourth-order valence-corrected chi connectivity index (χ4v) is 4.67. The van der Waals surface area contributed by atoms with Crippen molar-refractivity contribution in [2.75, 3.05) is 29.7 Å². The number of piperidine rings is 1. The van der Waals surface area contributed by atoms with E-state index in [2.05, 4.69) is 4.90 Å². The third-order valence-corrected chi connectivity index (χ3v) is 5.94. The summed E-state index contributed by atoms with van der Waals surface area (Å²) >= 11 is 11.7. The molecule has 169 valence electrons. The minimum absolute atomic E-state index is 0.319. The molecule has 1 radical (unpaired) electrons. The van der Waals surface area contributed by atoms with Crippen LogP contribution in [0.15, 0.2) is 24.3 Å². The zero-order chi connectivity index (χ0) is 22.5. The lowest BCUT2D eigenvalue weighted by Crippen LogP contribution is -2.60. The van der Waals surface area contributed by atoms with Gasteiger partial charge in [0.15, 0.2) is 0 Å². The van der Waals surface area contributed by atoms with Gasteiger partial charge in [0.25, 0.3) is 0 Å². The van der Waals surface area contributed by atoms with E-state index < -0.39 is 23.1 Å². The van der Waals surface area contributed by atoms with Crippen LogP contribution >= 0.6 is 23.2 Å². The van der Waals surface area contributed by atoms with Gasteiger partial charge in [-0.25, -0.2) is 0 Å². The topological polar surface area (TPSA) is 78.7 Å². The summed E-state index contributed by atoms with van der Waals surface area (Å²) in [4.78, 5) is 14.7. The maximum absolute atomic E-state index is 12.6. The van der Waals surface area contributed by atoms with Crippen LogP contribution in [0.25, 0.3) is 0 Å². The fourth-order valence-electron chi connectivity index (χ4n) is 4.26. The van der Waals surface area contributed by atoms with E-state index in [9.17, 15) is 10.0 Å². The molecule has 1 aliphatic heterocycles. The van der Waals surface area contributed by atoms with Gasteiger partial charge in [-0.2, -0.15) is 0 Å². The summed E-state index contributed by atoms with van der Waals surface area (Å²) in [6.07, 6.45) is 1.05. The van der Waals surface area contributed by atoms with Crippen LogP contribution in [-0.4, -0.2) is 59.1 Å². The Morgan fingerprint density at radius 2 is 1.63 bits per heavy atom. The van der Waals surface area contributed by atoms with Gasteiger partial charge in [0.05, 0.1) is 0 Å². The number of carbonyl (C=O) groups is 1. The molecule has 1 aliphatic rings. The van der Waals surface area contributed by atoms with Crippen LogP contribution in [0.1, 0.15) is 46.1 Å². The van der Waals surface area contributed by atoms with E-state index in [1.807, 2.05) is 52.0 Å². The summed E-state index contributed by atoms with van der Waals surface area (Å²) in [5, 5.41) is 13.6. The Morgan fingerprint density at radius 1 is 1.13 bits per heavy atom. The molecule has 6 nitrogen and oxygen atoms in total. The molecule has 1 heterocycles. The number of hydrogen-bond donors (Lipinski definition) is 1. The lowest BCUT2D eigenvalue weighted by molar-refractivity contribution is -0.299. The predicted octanol–water partition coefficient (Wildman–Crippen LogP) is 3.75. The zero-order valence-corrected chi connectivity index (χ0v) is 19.9. The maximum Gasteiger partial charge on any atom is 0.323 e. The molecule has 30 heavy (non-hydrogen) atoms. The number of rotatable bonds is 9. The van der Waals surface area contributed by atoms with Crippen LogP contribution in [0.2, 0.25) is 0 Å². The van der Waals surface area contributed by atoms with Gasteiger partial charge < -0.3 is 15.4 Å². The first-order valence-corrected chi connectivity index (χ1v) is 11.5. The maximum atomic E-state index is 12.6. The standard InChI is InChI=1S/C22H34Cl2N3O3/c1-21(2)14-18(15-22(3,4)27(21)29)30-20(28)19(25)13-16-5-7-17(8-6-16)26(11-9-23)12-10-24/h5-8,18-19H,9-15,25H2,1-4H3/t19-/m0/s1. The molecule has 0 spiro atoms. The number of nitrogens with zero attached hydrogens (tertiary/aromatic N) is 2. The Morgan fingerprint density at radius 3 is 2.10 bits per heavy atom. The normalized spacial score (nSPS) is 20.0. The number of carbonyl (C=O) groups excluding carboxylic acids is 1. The summed E-state index contributed by atoms with van der Waals surface area (Å²) in [7, 11) is 0. The second-order valence-electron chi connectivity index (χ2n) is 9.23. The third kappa shape index (κ3) is 6.47. The number of halogens is 2. The van der Waals surface area contributed by atoms with E-state index in [0.29, 0.717) is 44.1 Å². The number of hydrogen-bond acceptors (Lipinski definition) is 5. The summed E-state index contributed by atoms with van der Waals surface area (Å²) in [6.45, 7) is 8.94. The van der Waals surface area contributed by atoms with E-state index in [1.54, 1.807) is 0 Å². The molecule has 0 saturated carbocycles. The van der Waals surface area contributed by atoms with Crippen LogP contribution in [0.3, 0.4) is 0 Å². The highest BCUT2D eigenvalue weighted by molar-refractivity contribution is 6.18. The van der Waals surface area contributed by atoms with Crippen molar-refractivity contribution in [2.24, 2.45) is 5.73 Å². The second-order valence-corrected chi connectivity index (χ2v) is 9.98. The SMILES string of the molecule is CC1(C)CC(OC(=O)[C@@H](N)Cc2ccc(N(CCCl)CCCl)cc2)CC(C)(C)N1[O]. The number of esters is 1. The molecular formula is C22H34Cl2N3O3. The average Bonchev–Trinajstić information content (AvgIpc) is 2.66. The van der Waals surface area contributed by atoms with Gasteiger partial charge in [0.2, 0.25) is 0 Å². The van der Waals surface area contributed by atoms with Crippen molar-refractivity contribution in [3.05, 3.63) is 29.8 Å². The molecule has 0 bridgehead atoms. The highest BCUT2D eigenvalue weighted by atomic mass is 35.5. The van der Waals surface area contributed by atoms with Crippen molar-refractivity contribution in [3.8, 4) is 0 Å². The molecule has 0 amide bonds. The van der Waals surface area contributed by atoms with Crippen molar-refractivity contribution < 1.29 is 14.7 Å². The molecular weight excluding hydrogens is 425 g/mol. The smallest absolute Gasteiger partial charge is 0.323 e. The van der Waals surface area contributed by atoms with E-state index in [4.69, 9.17) is 33.7 Å². The average molecular weight is 459 g/mol. The highest BCUT2D eigenvalue weighted by Gasteiger charge is 2.47.